The molecule has 0 aromatic heterocycles. The first-order chi connectivity index (χ1) is 30.3. The summed E-state index contributed by atoms with van der Waals surface area (Å²) in [6.07, 6.45) is 2.82. The molecule has 0 fully saturated rings. The van der Waals surface area contributed by atoms with Crippen LogP contribution in [0, 0.1) is 35.4 Å². The summed E-state index contributed by atoms with van der Waals surface area (Å²) < 4.78 is 54.9. The van der Waals surface area contributed by atoms with Crippen LogP contribution in [0.25, 0.3) is 0 Å². The number of benzene rings is 6. The Morgan fingerprint density at radius 3 is 1.03 bits per heavy atom. The summed E-state index contributed by atoms with van der Waals surface area (Å²) in [5.74, 6) is -3.96. The molecule has 0 unspecified atom stereocenters. The third-order valence-electron chi connectivity index (χ3n) is 9.29. The van der Waals surface area contributed by atoms with Crippen LogP contribution >= 0.6 is 0 Å². The van der Waals surface area contributed by atoms with E-state index in [1.54, 1.807) is 48.5 Å². The molecule has 8 aromatic carbocycles. The average Bonchev–Trinajstić information content (AvgIpc) is 4.10. The first kappa shape index (κ1) is 49.1. The van der Waals surface area contributed by atoms with Gasteiger partial charge in [0.2, 0.25) is 11.8 Å². The molecule has 2 amide bonds. The molecule has 8 rings (SSSR count). The number of carbonyl (C=O) groups excluding carboxylic acids is 2. The van der Waals surface area contributed by atoms with E-state index in [1.165, 1.54) is 21.9 Å². The van der Waals surface area contributed by atoms with Crippen molar-refractivity contribution in [2.24, 2.45) is 0 Å². The van der Waals surface area contributed by atoms with Crippen LogP contribution in [0.1, 0.15) is 44.7 Å². The Hall–Kier alpha value is -6.61. The van der Waals surface area contributed by atoms with Gasteiger partial charge in [0, 0.05) is 47.5 Å². The zero-order valence-corrected chi connectivity index (χ0v) is 36.2. The fourth-order valence-corrected chi connectivity index (χ4v) is 6.24. The maximum absolute atomic E-state index is 14.2. The Morgan fingerprint density at radius 2 is 0.746 bits per heavy atom. The first-order valence-electron chi connectivity index (χ1n) is 20.2. The maximum Gasteiger partial charge on any atom is 4.00 e. The topological polar surface area (TPSA) is 40.6 Å². The molecule has 8 aromatic rings. The second kappa shape index (κ2) is 27.4. The Balaban J connectivity index is 0.000000223. The van der Waals surface area contributed by atoms with Gasteiger partial charge in [0.05, 0.1) is 0 Å². The average molecular weight is 879 g/mol. The van der Waals surface area contributed by atoms with E-state index < -0.39 is 23.3 Å². The number of hydrogen-bond acceptors (Lipinski definition) is 2. The van der Waals surface area contributed by atoms with Crippen molar-refractivity contribution in [2.75, 3.05) is 22.9 Å². The number of nitrogens with zero attached hydrogens (tertiary/aromatic N) is 2. The molecule has 4 nitrogen and oxygen atoms in total. The van der Waals surface area contributed by atoms with Crippen LogP contribution in [0.15, 0.2) is 206 Å². The first-order valence-corrected chi connectivity index (χ1v) is 20.2. The van der Waals surface area contributed by atoms with E-state index in [9.17, 15) is 27.2 Å². The monoisotopic (exact) mass is 878 g/mol. The van der Waals surface area contributed by atoms with E-state index >= 15 is 0 Å². The summed E-state index contributed by atoms with van der Waals surface area (Å²) in [6.45, 7) is 0.637. The number of halogens is 4. The number of carbonyl (C=O) groups is 2. The SMILES string of the molecule is O=C(c1ccccc1)N(CCCc1ccccc1)c1ccc(F)[c-]c1F.O=C(c1ccccc1)N(CCCc1ccccc1)c1ccc(F)[c-]c1F.[Ti+4].c1cc[cH-]c1.c1cc[cH-]c1. The van der Waals surface area contributed by atoms with Gasteiger partial charge in [0.25, 0.3) is 0 Å². The van der Waals surface area contributed by atoms with Crippen molar-refractivity contribution in [1.29, 1.82) is 0 Å². The van der Waals surface area contributed by atoms with E-state index in [4.69, 9.17) is 0 Å². The normalized spacial score (nSPS) is 9.97. The molecule has 0 radical (unpaired) electrons. The molecule has 316 valence electrons. The molecule has 63 heavy (non-hydrogen) atoms. The van der Waals surface area contributed by atoms with Gasteiger partial charge in [-0.1, -0.05) is 97.1 Å². The Morgan fingerprint density at radius 1 is 0.429 bits per heavy atom. The summed E-state index contributed by atoms with van der Waals surface area (Å²) >= 11 is 0. The largest absolute Gasteiger partial charge is 4.00 e. The van der Waals surface area contributed by atoms with Crippen molar-refractivity contribution in [1.82, 2.24) is 0 Å². The van der Waals surface area contributed by atoms with Gasteiger partial charge in [-0.2, -0.15) is 36.4 Å². The molecule has 0 N–H and O–H groups in total. The minimum Gasteiger partial charge on any atom is -0.359 e. The van der Waals surface area contributed by atoms with Crippen LogP contribution in [-0.4, -0.2) is 24.9 Å². The van der Waals surface area contributed by atoms with Gasteiger partial charge in [0.1, 0.15) is 0 Å². The van der Waals surface area contributed by atoms with Crippen LogP contribution in [0.5, 0.6) is 0 Å². The third kappa shape index (κ3) is 16.6. The molecule has 0 aliphatic rings. The summed E-state index contributed by atoms with van der Waals surface area (Å²) in [6, 6.07) is 65.9. The fourth-order valence-electron chi connectivity index (χ4n) is 6.24. The molecule has 0 bridgehead atoms. The van der Waals surface area contributed by atoms with Crippen LogP contribution in [0.3, 0.4) is 0 Å². The second-order valence-corrected chi connectivity index (χ2v) is 13.8. The van der Waals surface area contributed by atoms with E-state index in [1.807, 2.05) is 146 Å². The smallest absolute Gasteiger partial charge is 0.359 e. The predicted octanol–water partition coefficient (Wildman–Crippen LogP) is 12.9. The summed E-state index contributed by atoms with van der Waals surface area (Å²) in [7, 11) is 0. The summed E-state index contributed by atoms with van der Waals surface area (Å²) in [5, 5.41) is 0. The van der Waals surface area contributed by atoms with E-state index in [-0.39, 0.29) is 44.9 Å². The van der Waals surface area contributed by atoms with Crippen LogP contribution in [-0.2, 0) is 34.6 Å². The van der Waals surface area contributed by atoms with Crippen molar-refractivity contribution in [3.63, 3.8) is 0 Å². The van der Waals surface area contributed by atoms with Gasteiger partial charge in [0.15, 0.2) is 0 Å². The third-order valence-corrected chi connectivity index (χ3v) is 9.29. The van der Waals surface area contributed by atoms with Gasteiger partial charge in [-0.25, -0.2) is 41.8 Å². The quantitative estimate of drug-likeness (QED) is 0.0697. The van der Waals surface area contributed by atoms with E-state index in [0.717, 1.165) is 36.1 Å². The van der Waals surface area contributed by atoms with Gasteiger partial charge in [-0.15, -0.1) is 36.4 Å². The van der Waals surface area contributed by atoms with Crippen molar-refractivity contribution < 1.29 is 48.9 Å². The number of anilines is 2. The molecular weight excluding hydrogens is 832 g/mol. The van der Waals surface area contributed by atoms with Gasteiger partial charge in [-0.05, 0) is 72.5 Å². The van der Waals surface area contributed by atoms with Crippen molar-refractivity contribution >= 4 is 23.2 Å². The van der Waals surface area contributed by atoms with E-state index in [0.29, 0.717) is 37.1 Å². The van der Waals surface area contributed by atoms with Crippen molar-refractivity contribution in [3.05, 3.63) is 264 Å². The molecular formula is C54H46F4N2O2Ti. The van der Waals surface area contributed by atoms with Gasteiger partial charge >= 0.3 is 21.7 Å². The minimum absolute atomic E-state index is 0. The fraction of sp³-hybridized carbons (Fsp3) is 0.111. The summed E-state index contributed by atoms with van der Waals surface area (Å²) in [4.78, 5) is 28.5. The van der Waals surface area contributed by atoms with Crippen LogP contribution in [0.2, 0.25) is 0 Å². The van der Waals surface area contributed by atoms with Gasteiger partial charge < -0.3 is 9.80 Å². The molecule has 0 atom stereocenters. The molecule has 0 saturated heterocycles. The second-order valence-electron chi connectivity index (χ2n) is 13.8. The van der Waals surface area contributed by atoms with Crippen LogP contribution in [0.4, 0.5) is 28.9 Å². The molecule has 0 heterocycles. The number of aryl methyl sites for hydroxylation is 2. The minimum atomic E-state index is -0.867. The Bertz CT molecular complexity index is 2240. The maximum atomic E-state index is 14.2. The number of hydrogen-bond donors (Lipinski definition) is 0. The molecule has 0 aliphatic heterocycles. The van der Waals surface area contributed by atoms with E-state index in [2.05, 4.69) is 0 Å². The molecule has 0 spiro atoms. The predicted molar refractivity (Wildman–Crippen MR) is 240 cm³/mol. The standard InChI is InChI=1S/2C22H18F2NO.2C5H5.Ti/c2*23-19-13-14-21(20(24)16-19)25(22(26)18-11-5-2-6-12-18)15-7-10-17-8-3-1-4-9-17;2*1-2-4-5-3-1;/h2*1-6,8-9,11-14H,7,10,15H2;2*1-5H;/q4*-1;+4. The van der Waals surface area contributed by atoms with Gasteiger partial charge in [-0.3, -0.25) is 9.59 Å². The number of amides is 2. The van der Waals surface area contributed by atoms with Crippen molar-refractivity contribution in [3.8, 4) is 0 Å². The molecule has 0 aliphatic carbocycles. The zero-order valence-electron chi connectivity index (χ0n) is 34.6. The number of rotatable bonds is 12. The Kier molecular flexibility index (Phi) is 21.3. The van der Waals surface area contributed by atoms with Crippen LogP contribution < -0.4 is 9.80 Å². The molecule has 0 saturated carbocycles. The zero-order chi connectivity index (χ0) is 43.8. The van der Waals surface area contributed by atoms with Crippen molar-refractivity contribution in [2.45, 2.75) is 25.7 Å². The summed E-state index contributed by atoms with van der Waals surface area (Å²) in [5.41, 5.74) is 3.27. The molecule has 9 heteroatoms. The Labute approximate surface area is 382 Å².